The third kappa shape index (κ3) is 4.38. The molecular formula is C24H18FNO4. The van der Waals surface area contributed by atoms with Gasteiger partial charge in [-0.15, -0.1) is 0 Å². The zero-order valence-corrected chi connectivity index (χ0v) is 16.2. The Morgan fingerprint density at radius 1 is 1.00 bits per heavy atom. The van der Waals surface area contributed by atoms with Crippen molar-refractivity contribution in [3.8, 4) is 11.5 Å². The van der Waals surface area contributed by atoms with Gasteiger partial charge in [0.05, 0.1) is 7.11 Å². The summed E-state index contributed by atoms with van der Waals surface area (Å²) in [6.45, 7) is 0.412. The predicted octanol–water partition coefficient (Wildman–Crippen LogP) is 4.76. The molecule has 1 aliphatic heterocycles. The standard InChI is InChI=1S/C24H18FNO4/c1-28-22-14-17(7-12-21(22)29-15-16-5-3-2-4-6-16)13-20-24(27)30-23(26-20)18-8-10-19(25)11-9-18/h2-14H,15H2,1H3/b20-13+. The summed E-state index contributed by atoms with van der Waals surface area (Å²) in [7, 11) is 1.55. The zero-order chi connectivity index (χ0) is 20.9. The summed E-state index contributed by atoms with van der Waals surface area (Å²) in [5, 5.41) is 0. The lowest BCUT2D eigenvalue weighted by Gasteiger charge is -2.11. The van der Waals surface area contributed by atoms with Gasteiger partial charge >= 0.3 is 5.97 Å². The summed E-state index contributed by atoms with van der Waals surface area (Å²) in [5.74, 6) is 0.321. The average molecular weight is 403 g/mol. The normalized spacial score (nSPS) is 14.4. The van der Waals surface area contributed by atoms with E-state index < -0.39 is 5.97 Å². The number of aliphatic imine (C=N–C) groups is 1. The number of methoxy groups -OCH3 is 1. The van der Waals surface area contributed by atoms with Crippen LogP contribution in [-0.4, -0.2) is 19.0 Å². The number of cyclic esters (lactones) is 1. The van der Waals surface area contributed by atoms with Gasteiger partial charge in [-0.05, 0) is 53.6 Å². The van der Waals surface area contributed by atoms with Gasteiger partial charge in [0, 0.05) is 5.56 Å². The van der Waals surface area contributed by atoms with Gasteiger partial charge in [0.2, 0.25) is 5.90 Å². The molecule has 0 fully saturated rings. The highest BCUT2D eigenvalue weighted by atomic mass is 19.1. The molecule has 3 aromatic carbocycles. The molecule has 0 amide bonds. The Morgan fingerprint density at radius 2 is 1.77 bits per heavy atom. The SMILES string of the molecule is COc1cc(/C=C2/N=C(c3ccc(F)cc3)OC2=O)ccc1OCc1ccccc1. The maximum Gasteiger partial charge on any atom is 0.363 e. The van der Waals surface area contributed by atoms with Crippen LogP contribution in [0.15, 0.2) is 83.5 Å². The van der Waals surface area contributed by atoms with E-state index in [2.05, 4.69) is 4.99 Å². The molecule has 0 aliphatic carbocycles. The van der Waals surface area contributed by atoms with Crippen LogP contribution in [-0.2, 0) is 16.1 Å². The van der Waals surface area contributed by atoms with Gasteiger partial charge in [0.15, 0.2) is 17.2 Å². The van der Waals surface area contributed by atoms with Gasteiger partial charge in [-0.3, -0.25) is 0 Å². The fourth-order valence-electron chi connectivity index (χ4n) is 2.91. The van der Waals surface area contributed by atoms with Crippen molar-refractivity contribution in [2.45, 2.75) is 6.61 Å². The van der Waals surface area contributed by atoms with Gasteiger partial charge in [0.1, 0.15) is 12.4 Å². The third-order valence-electron chi connectivity index (χ3n) is 4.44. The van der Waals surface area contributed by atoms with E-state index in [9.17, 15) is 9.18 Å². The molecule has 4 rings (SSSR count). The van der Waals surface area contributed by atoms with Crippen LogP contribution >= 0.6 is 0 Å². The topological polar surface area (TPSA) is 57.1 Å². The van der Waals surface area contributed by atoms with Crippen molar-refractivity contribution < 1.29 is 23.4 Å². The van der Waals surface area contributed by atoms with Crippen molar-refractivity contribution in [1.82, 2.24) is 0 Å². The van der Waals surface area contributed by atoms with Crippen molar-refractivity contribution in [3.05, 3.63) is 101 Å². The Morgan fingerprint density at radius 3 is 2.50 bits per heavy atom. The number of carbonyl (C=O) groups is 1. The number of rotatable bonds is 6. The molecule has 0 saturated carbocycles. The zero-order valence-electron chi connectivity index (χ0n) is 16.2. The highest BCUT2D eigenvalue weighted by molar-refractivity contribution is 6.12. The molecule has 0 unspecified atom stereocenters. The molecule has 0 bridgehead atoms. The lowest BCUT2D eigenvalue weighted by Crippen LogP contribution is -2.05. The van der Waals surface area contributed by atoms with E-state index in [1.165, 1.54) is 24.3 Å². The lowest BCUT2D eigenvalue weighted by atomic mass is 10.1. The molecule has 150 valence electrons. The van der Waals surface area contributed by atoms with Crippen LogP contribution in [0.25, 0.3) is 6.08 Å². The molecular weight excluding hydrogens is 385 g/mol. The van der Waals surface area contributed by atoms with Gasteiger partial charge in [-0.25, -0.2) is 14.2 Å². The van der Waals surface area contributed by atoms with Gasteiger partial charge in [-0.2, -0.15) is 0 Å². The molecule has 0 atom stereocenters. The highest BCUT2D eigenvalue weighted by Gasteiger charge is 2.24. The van der Waals surface area contributed by atoms with E-state index in [4.69, 9.17) is 14.2 Å². The first-order chi connectivity index (χ1) is 14.6. The average Bonchev–Trinajstić information content (AvgIpc) is 3.14. The van der Waals surface area contributed by atoms with Crippen molar-refractivity contribution in [2.75, 3.05) is 7.11 Å². The molecule has 3 aromatic rings. The quantitative estimate of drug-likeness (QED) is 0.440. The number of ether oxygens (including phenoxy) is 3. The van der Waals surface area contributed by atoms with Crippen molar-refractivity contribution in [3.63, 3.8) is 0 Å². The number of carbonyl (C=O) groups excluding carboxylic acids is 1. The number of esters is 1. The largest absolute Gasteiger partial charge is 0.493 e. The highest BCUT2D eigenvalue weighted by Crippen LogP contribution is 2.30. The molecule has 0 saturated heterocycles. The van der Waals surface area contributed by atoms with Crippen LogP contribution in [0, 0.1) is 5.82 Å². The molecule has 1 heterocycles. The minimum absolute atomic E-state index is 0.140. The summed E-state index contributed by atoms with van der Waals surface area (Å²) in [5.41, 5.74) is 2.42. The number of nitrogens with zero attached hydrogens (tertiary/aromatic N) is 1. The summed E-state index contributed by atoms with van der Waals surface area (Å²) < 4.78 is 29.6. The second-order valence-corrected chi connectivity index (χ2v) is 6.53. The lowest BCUT2D eigenvalue weighted by molar-refractivity contribution is -0.129. The molecule has 0 radical (unpaired) electrons. The summed E-state index contributed by atoms with van der Waals surface area (Å²) in [6.07, 6.45) is 1.60. The first kappa shape index (κ1) is 19.4. The smallest absolute Gasteiger partial charge is 0.363 e. The minimum atomic E-state index is -0.572. The predicted molar refractivity (Wildman–Crippen MR) is 111 cm³/mol. The van der Waals surface area contributed by atoms with Crippen LogP contribution < -0.4 is 9.47 Å². The summed E-state index contributed by atoms with van der Waals surface area (Å²) >= 11 is 0. The van der Waals surface area contributed by atoms with E-state index in [0.717, 1.165) is 5.56 Å². The van der Waals surface area contributed by atoms with Crippen molar-refractivity contribution >= 4 is 17.9 Å². The summed E-state index contributed by atoms with van der Waals surface area (Å²) in [6, 6.07) is 20.7. The van der Waals surface area contributed by atoms with Crippen molar-refractivity contribution in [2.24, 2.45) is 4.99 Å². The van der Waals surface area contributed by atoms with Gasteiger partial charge < -0.3 is 14.2 Å². The van der Waals surface area contributed by atoms with E-state index in [0.29, 0.717) is 29.2 Å². The molecule has 0 spiro atoms. The Bertz CT molecular complexity index is 1120. The first-order valence-electron chi connectivity index (χ1n) is 9.25. The maximum absolute atomic E-state index is 13.1. The molecule has 1 aliphatic rings. The number of benzene rings is 3. The monoisotopic (exact) mass is 403 g/mol. The number of hydrogen-bond donors (Lipinski definition) is 0. The van der Waals surface area contributed by atoms with E-state index in [-0.39, 0.29) is 17.4 Å². The molecule has 5 nitrogen and oxygen atoms in total. The molecule has 0 aromatic heterocycles. The Kier molecular flexibility index (Phi) is 5.57. The van der Waals surface area contributed by atoms with Crippen LogP contribution in [0.4, 0.5) is 4.39 Å². The second-order valence-electron chi connectivity index (χ2n) is 6.53. The van der Waals surface area contributed by atoms with E-state index in [1.807, 2.05) is 30.3 Å². The van der Waals surface area contributed by atoms with E-state index >= 15 is 0 Å². The minimum Gasteiger partial charge on any atom is -0.493 e. The van der Waals surface area contributed by atoms with E-state index in [1.54, 1.807) is 31.4 Å². The number of hydrogen-bond acceptors (Lipinski definition) is 5. The van der Waals surface area contributed by atoms with Crippen LogP contribution in [0.2, 0.25) is 0 Å². The fraction of sp³-hybridized carbons (Fsp3) is 0.0833. The molecule has 30 heavy (non-hydrogen) atoms. The first-order valence-corrected chi connectivity index (χ1v) is 9.25. The van der Waals surface area contributed by atoms with Gasteiger partial charge in [0.25, 0.3) is 0 Å². The Labute approximate surface area is 173 Å². The van der Waals surface area contributed by atoms with Crippen molar-refractivity contribution in [1.29, 1.82) is 0 Å². The maximum atomic E-state index is 13.1. The molecule has 6 heteroatoms. The fourth-order valence-corrected chi connectivity index (χ4v) is 2.91. The van der Waals surface area contributed by atoms with Crippen LogP contribution in [0.1, 0.15) is 16.7 Å². The summed E-state index contributed by atoms with van der Waals surface area (Å²) in [4.78, 5) is 16.4. The second kappa shape index (κ2) is 8.61. The van der Waals surface area contributed by atoms with Crippen LogP contribution in [0.3, 0.4) is 0 Å². The van der Waals surface area contributed by atoms with Gasteiger partial charge in [-0.1, -0.05) is 36.4 Å². The molecule has 0 N–H and O–H groups in total. The van der Waals surface area contributed by atoms with Crippen LogP contribution in [0.5, 0.6) is 11.5 Å². The Hall–Kier alpha value is -3.93. The third-order valence-corrected chi connectivity index (χ3v) is 4.44. The number of halogens is 1. The Balaban J connectivity index is 1.54.